The maximum Gasteiger partial charge on any atom is 0.287 e. The average Bonchev–Trinajstić information content (AvgIpc) is 3.46. The molecule has 0 bridgehead atoms. The first kappa shape index (κ1) is 21.6. The minimum Gasteiger partial charge on any atom is -0.459 e. The minimum atomic E-state index is -0.650. The summed E-state index contributed by atoms with van der Waals surface area (Å²) >= 11 is 7.62. The van der Waals surface area contributed by atoms with Gasteiger partial charge < -0.3 is 14.6 Å². The lowest BCUT2D eigenvalue weighted by Gasteiger charge is -2.36. The molecule has 0 aliphatic carbocycles. The van der Waals surface area contributed by atoms with E-state index in [-0.39, 0.29) is 17.6 Å². The molecular formula is C23H24ClN3O3S. The van der Waals surface area contributed by atoms with Crippen LogP contribution in [0.1, 0.15) is 21.0 Å². The highest BCUT2D eigenvalue weighted by Crippen LogP contribution is 2.23. The van der Waals surface area contributed by atoms with Crippen LogP contribution in [0.25, 0.3) is 0 Å². The molecule has 0 saturated carbocycles. The van der Waals surface area contributed by atoms with E-state index in [9.17, 15) is 9.59 Å². The topological polar surface area (TPSA) is 65.8 Å². The molecule has 2 aromatic heterocycles. The Morgan fingerprint density at radius 3 is 2.45 bits per heavy atom. The number of halogens is 1. The number of piperazine rings is 1. The van der Waals surface area contributed by atoms with E-state index in [2.05, 4.69) is 10.2 Å². The number of carbonyl (C=O) groups is 2. The van der Waals surface area contributed by atoms with Gasteiger partial charge in [0.25, 0.3) is 5.91 Å². The SMILES string of the molecule is O=C(N[C@@H](Cc1ccccc1)C(=O)N1CCN(Cc2ccc(Cl)s2)CC1)c1ccco1. The fraction of sp³-hybridized carbons (Fsp3) is 0.304. The molecule has 1 atom stereocenters. The molecule has 0 unspecified atom stereocenters. The number of amides is 2. The summed E-state index contributed by atoms with van der Waals surface area (Å²) < 4.78 is 5.98. The predicted molar refractivity (Wildman–Crippen MR) is 121 cm³/mol. The fourth-order valence-electron chi connectivity index (χ4n) is 3.69. The Morgan fingerprint density at radius 1 is 1.03 bits per heavy atom. The van der Waals surface area contributed by atoms with Gasteiger partial charge in [-0.25, -0.2) is 0 Å². The summed E-state index contributed by atoms with van der Waals surface area (Å²) in [6.45, 7) is 3.65. The molecule has 4 rings (SSSR count). The molecule has 3 aromatic rings. The van der Waals surface area contributed by atoms with Crippen molar-refractivity contribution in [3.8, 4) is 0 Å². The van der Waals surface area contributed by atoms with Crippen molar-refractivity contribution in [2.24, 2.45) is 0 Å². The molecule has 1 aliphatic heterocycles. The number of furan rings is 1. The van der Waals surface area contributed by atoms with Crippen molar-refractivity contribution in [3.05, 3.63) is 81.4 Å². The van der Waals surface area contributed by atoms with Gasteiger partial charge in [0, 0.05) is 44.0 Å². The zero-order valence-corrected chi connectivity index (χ0v) is 18.6. The largest absolute Gasteiger partial charge is 0.459 e. The highest BCUT2D eigenvalue weighted by Gasteiger charge is 2.29. The van der Waals surface area contributed by atoms with Gasteiger partial charge in [-0.05, 0) is 29.8 Å². The van der Waals surface area contributed by atoms with Crippen molar-refractivity contribution < 1.29 is 14.0 Å². The zero-order chi connectivity index (χ0) is 21.6. The highest BCUT2D eigenvalue weighted by atomic mass is 35.5. The Morgan fingerprint density at radius 2 is 1.81 bits per heavy atom. The summed E-state index contributed by atoms with van der Waals surface area (Å²) in [5.74, 6) is -0.250. The van der Waals surface area contributed by atoms with E-state index < -0.39 is 6.04 Å². The monoisotopic (exact) mass is 457 g/mol. The Balaban J connectivity index is 1.39. The summed E-state index contributed by atoms with van der Waals surface area (Å²) in [5.41, 5.74) is 0.994. The summed E-state index contributed by atoms with van der Waals surface area (Å²) in [4.78, 5) is 31.3. The number of rotatable bonds is 7. The number of hydrogen-bond acceptors (Lipinski definition) is 5. The van der Waals surface area contributed by atoms with Crippen molar-refractivity contribution in [2.75, 3.05) is 26.2 Å². The van der Waals surface area contributed by atoms with Gasteiger partial charge in [0.15, 0.2) is 5.76 Å². The van der Waals surface area contributed by atoms with Gasteiger partial charge in [-0.1, -0.05) is 41.9 Å². The first-order valence-corrected chi connectivity index (χ1v) is 11.4. The number of nitrogens with one attached hydrogen (secondary N) is 1. The van der Waals surface area contributed by atoms with E-state index in [1.807, 2.05) is 47.4 Å². The second kappa shape index (κ2) is 10.1. The Labute approximate surface area is 190 Å². The number of benzene rings is 1. The van der Waals surface area contributed by atoms with E-state index in [0.717, 1.165) is 29.5 Å². The van der Waals surface area contributed by atoms with Crippen LogP contribution in [-0.4, -0.2) is 53.8 Å². The van der Waals surface area contributed by atoms with Crippen molar-refractivity contribution in [3.63, 3.8) is 0 Å². The highest BCUT2D eigenvalue weighted by molar-refractivity contribution is 7.16. The Bertz CT molecular complexity index is 998. The third-order valence-corrected chi connectivity index (χ3v) is 6.54. The second-order valence-corrected chi connectivity index (χ2v) is 9.30. The molecule has 6 nitrogen and oxygen atoms in total. The first-order chi connectivity index (χ1) is 15.1. The molecule has 0 spiro atoms. The number of hydrogen-bond donors (Lipinski definition) is 1. The molecule has 1 fully saturated rings. The lowest BCUT2D eigenvalue weighted by Crippen LogP contribution is -2.55. The molecule has 1 N–H and O–H groups in total. The average molecular weight is 458 g/mol. The molecule has 1 aromatic carbocycles. The third kappa shape index (κ3) is 5.76. The molecular weight excluding hydrogens is 434 g/mol. The molecule has 1 aliphatic rings. The predicted octanol–water partition coefficient (Wildman–Crippen LogP) is 3.68. The van der Waals surface area contributed by atoms with E-state index in [4.69, 9.17) is 16.0 Å². The van der Waals surface area contributed by atoms with Crippen LogP contribution in [0.3, 0.4) is 0 Å². The maximum absolute atomic E-state index is 13.3. The van der Waals surface area contributed by atoms with Crippen LogP contribution >= 0.6 is 22.9 Å². The number of thiophene rings is 1. The van der Waals surface area contributed by atoms with Crippen LogP contribution < -0.4 is 5.32 Å². The van der Waals surface area contributed by atoms with Crippen molar-refractivity contribution in [2.45, 2.75) is 19.0 Å². The van der Waals surface area contributed by atoms with Crippen LogP contribution in [0.15, 0.2) is 65.3 Å². The molecule has 3 heterocycles. The standard InChI is InChI=1S/C23H24ClN3O3S/c24-21-9-8-18(31-21)16-26-10-12-27(13-11-26)23(29)19(15-17-5-2-1-3-6-17)25-22(28)20-7-4-14-30-20/h1-9,14,19H,10-13,15-16H2,(H,25,28)/t19-/m0/s1. The van der Waals surface area contributed by atoms with Crippen molar-refractivity contribution >= 4 is 34.8 Å². The Kier molecular flexibility index (Phi) is 7.06. The van der Waals surface area contributed by atoms with Gasteiger partial charge in [-0.3, -0.25) is 14.5 Å². The third-order valence-electron chi connectivity index (χ3n) is 5.32. The lowest BCUT2D eigenvalue weighted by atomic mass is 10.0. The van der Waals surface area contributed by atoms with Gasteiger partial charge in [-0.2, -0.15) is 0 Å². The van der Waals surface area contributed by atoms with Crippen LogP contribution in [-0.2, 0) is 17.8 Å². The zero-order valence-electron chi connectivity index (χ0n) is 17.0. The van der Waals surface area contributed by atoms with Crippen LogP contribution in [0, 0.1) is 0 Å². The second-order valence-electron chi connectivity index (χ2n) is 7.50. The van der Waals surface area contributed by atoms with E-state index in [1.54, 1.807) is 23.5 Å². The fourth-order valence-corrected chi connectivity index (χ4v) is 4.82. The van der Waals surface area contributed by atoms with Crippen LogP contribution in [0.5, 0.6) is 0 Å². The van der Waals surface area contributed by atoms with Gasteiger partial charge in [0.1, 0.15) is 6.04 Å². The van der Waals surface area contributed by atoms with Gasteiger partial charge in [0.2, 0.25) is 5.91 Å². The van der Waals surface area contributed by atoms with Crippen molar-refractivity contribution in [1.82, 2.24) is 15.1 Å². The molecule has 162 valence electrons. The molecule has 8 heteroatoms. The van der Waals surface area contributed by atoms with E-state index >= 15 is 0 Å². The van der Waals surface area contributed by atoms with Gasteiger partial charge in [-0.15, -0.1) is 11.3 Å². The number of carbonyl (C=O) groups excluding carboxylic acids is 2. The normalized spacial score (nSPS) is 15.6. The first-order valence-electron chi connectivity index (χ1n) is 10.2. The van der Waals surface area contributed by atoms with Crippen LogP contribution in [0.2, 0.25) is 4.34 Å². The summed E-state index contributed by atoms with van der Waals surface area (Å²) in [6.07, 6.45) is 1.88. The molecule has 0 radical (unpaired) electrons. The summed E-state index contributed by atoms with van der Waals surface area (Å²) in [6, 6.07) is 16.3. The van der Waals surface area contributed by atoms with Gasteiger partial charge in [0.05, 0.1) is 10.6 Å². The molecule has 31 heavy (non-hydrogen) atoms. The number of nitrogens with zero attached hydrogens (tertiary/aromatic N) is 2. The quantitative estimate of drug-likeness (QED) is 0.587. The lowest BCUT2D eigenvalue weighted by molar-refractivity contribution is -0.135. The Hall–Kier alpha value is -2.61. The molecule has 1 saturated heterocycles. The smallest absolute Gasteiger partial charge is 0.287 e. The minimum absolute atomic E-state index is 0.0671. The maximum atomic E-state index is 13.3. The van der Waals surface area contributed by atoms with E-state index in [0.29, 0.717) is 19.5 Å². The summed E-state index contributed by atoms with van der Waals surface area (Å²) in [7, 11) is 0. The van der Waals surface area contributed by atoms with E-state index in [1.165, 1.54) is 11.1 Å². The van der Waals surface area contributed by atoms with Gasteiger partial charge >= 0.3 is 0 Å². The van der Waals surface area contributed by atoms with Crippen molar-refractivity contribution in [1.29, 1.82) is 0 Å². The summed E-state index contributed by atoms with van der Waals surface area (Å²) in [5, 5.41) is 2.87. The van der Waals surface area contributed by atoms with Crippen LogP contribution in [0.4, 0.5) is 0 Å². The molecule has 2 amide bonds.